The predicted molar refractivity (Wildman–Crippen MR) is 96.4 cm³/mol. The minimum absolute atomic E-state index is 0.137. The summed E-state index contributed by atoms with van der Waals surface area (Å²) in [7, 11) is 0. The van der Waals surface area contributed by atoms with E-state index in [0.717, 1.165) is 28.1 Å². The number of hydrogen-bond donors (Lipinski definition) is 2. The Morgan fingerprint density at radius 1 is 1.22 bits per heavy atom. The van der Waals surface area contributed by atoms with Gasteiger partial charge < -0.3 is 11.2 Å². The van der Waals surface area contributed by atoms with E-state index in [4.69, 9.17) is 5.84 Å². The molecule has 10 heteroatoms. The van der Waals surface area contributed by atoms with Crippen molar-refractivity contribution in [2.45, 2.75) is 24.3 Å². The Morgan fingerprint density at radius 2 is 1.93 bits per heavy atom. The molecule has 0 saturated carbocycles. The number of nitrogens with zero attached hydrogens (tertiary/aromatic N) is 3. The Kier molecular flexibility index (Phi) is 5.26. The lowest BCUT2D eigenvalue weighted by atomic mass is 10.00. The summed E-state index contributed by atoms with van der Waals surface area (Å²) in [6, 6.07) is 13.3. The first-order chi connectivity index (χ1) is 12.8. The monoisotopic (exact) mass is 395 g/mol. The molecule has 0 fully saturated rings. The standard InChI is InChI=1S/C17H16F3N5OS/c1-10(12-8-4-6-11-5-2-3-7-13(11)12)22-14(26)9-27-16-24-23-15(25(16)21)17(18,19)20/h2-8,10H,9,21H2,1H3,(H,22,26)/t10-/m0/s1. The van der Waals surface area contributed by atoms with Gasteiger partial charge in [-0.1, -0.05) is 54.2 Å². The van der Waals surface area contributed by atoms with Crippen LogP contribution >= 0.6 is 11.8 Å². The lowest BCUT2D eigenvalue weighted by molar-refractivity contribution is -0.146. The van der Waals surface area contributed by atoms with Gasteiger partial charge in [0, 0.05) is 0 Å². The van der Waals surface area contributed by atoms with E-state index in [9.17, 15) is 18.0 Å². The number of carbonyl (C=O) groups excluding carboxylic acids is 1. The van der Waals surface area contributed by atoms with Gasteiger partial charge >= 0.3 is 6.18 Å². The summed E-state index contributed by atoms with van der Waals surface area (Å²) < 4.78 is 38.3. The van der Waals surface area contributed by atoms with Crippen LogP contribution in [0.15, 0.2) is 47.6 Å². The predicted octanol–water partition coefficient (Wildman–Crippen LogP) is 3.13. The molecule has 0 spiro atoms. The average molecular weight is 395 g/mol. The summed E-state index contributed by atoms with van der Waals surface area (Å²) >= 11 is 0.785. The number of thioether (sulfide) groups is 1. The van der Waals surface area contributed by atoms with Crippen LogP contribution in [0, 0.1) is 0 Å². The lowest BCUT2D eigenvalue weighted by Gasteiger charge is -2.16. The number of benzene rings is 2. The average Bonchev–Trinajstić information content (AvgIpc) is 3.00. The summed E-state index contributed by atoms with van der Waals surface area (Å²) in [5, 5.41) is 11.1. The Balaban J connectivity index is 1.65. The van der Waals surface area contributed by atoms with Crippen LogP contribution in [0.4, 0.5) is 13.2 Å². The van der Waals surface area contributed by atoms with E-state index >= 15 is 0 Å². The molecule has 1 heterocycles. The van der Waals surface area contributed by atoms with E-state index in [2.05, 4.69) is 15.5 Å². The number of carbonyl (C=O) groups is 1. The zero-order valence-corrected chi connectivity index (χ0v) is 15.0. The SMILES string of the molecule is C[C@H](NC(=O)CSc1nnc(C(F)(F)F)n1N)c1cccc2ccccc12. The van der Waals surface area contributed by atoms with Crippen LogP contribution < -0.4 is 11.2 Å². The minimum atomic E-state index is -4.70. The van der Waals surface area contributed by atoms with Crippen molar-refractivity contribution in [1.29, 1.82) is 0 Å². The maximum Gasteiger partial charge on any atom is 0.453 e. The van der Waals surface area contributed by atoms with Crippen LogP contribution in [0.25, 0.3) is 10.8 Å². The fraction of sp³-hybridized carbons (Fsp3) is 0.235. The Bertz CT molecular complexity index is 967. The van der Waals surface area contributed by atoms with Gasteiger partial charge in [0.25, 0.3) is 5.82 Å². The number of amides is 1. The van der Waals surface area contributed by atoms with Crippen LogP contribution in [0.2, 0.25) is 0 Å². The third-order valence-electron chi connectivity index (χ3n) is 3.92. The normalized spacial score (nSPS) is 12.9. The van der Waals surface area contributed by atoms with Crippen LogP contribution in [-0.4, -0.2) is 26.5 Å². The van der Waals surface area contributed by atoms with Crippen LogP contribution in [0.1, 0.15) is 24.4 Å². The van der Waals surface area contributed by atoms with Gasteiger partial charge in [0.1, 0.15) is 0 Å². The van der Waals surface area contributed by atoms with E-state index in [1.165, 1.54) is 0 Å². The molecule has 27 heavy (non-hydrogen) atoms. The minimum Gasteiger partial charge on any atom is -0.349 e. The number of halogens is 3. The third-order valence-corrected chi connectivity index (χ3v) is 4.86. The molecule has 1 aromatic heterocycles. The molecule has 1 amide bonds. The van der Waals surface area contributed by atoms with E-state index in [1.807, 2.05) is 49.4 Å². The van der Waals surface area contributed by atoms with E-state index < -0.39 is 12.0 Å². The van der Waals surface area contributed by atoms with Crippen LogP contribution in [0.5, 0.6) is 0 Å². The highest BCUT2D eigenvalue weighted by Gasteiger charge is 2.38. The molecule has 3 aromatic rings. The summed E-state index contributed by atoms with van der Waals surface area (Å²) in [6.07, 6.45) is -4.70. The maximum atomic E-state index is 12.7. The fourth-order valence-corrected chi connectivity index (χ4v) is 3.36. The Morgan fingerprint density at radius 3 is 2.63 bits per heavy atom. The van der Waals surface area contributed by atoms with Crippen molar-refractivity contribution in [2.24, 2.45) is 0 Å². The summed E-state index contributed by atoms with van der Waals surface area (Å²) in [4.78, 5) is 12.2. The van der Waals surface area contributed by atoms with Crippen LogP contribution in [-0.2, 0) is 11.0 Å². The van der Waals surface area contributed by atoms with Gasteiger partial charge in [-0.05, 0) is 23.3 Å². The molecule has 3 rings (SSSR count). The van der Waals surface area contributed by atoms with Gasteiger partial charge in [-0.3, -0.25) is 4.79 Å². The Hall–Kier alpha value is -2.75. The number of aromatic nitrogens is 3. The maximum absolute atomic E-state index is 12.7. The first-order valence-electron chi connectivity index (χ1n) is 7.95. The quantitative estimate of drug-likeness (QED) is 0.512. The molecule has 0 unspecified atom stereocenters. The molecule has 3 N–H and O–H groups in total. The smallest absolute Gasteiger partial charge is 0.349 e. The number of nitrogen functional groups attached to an aromatic ring is 1. The first-order valence-corrected chi connectivity index (χ1v) is 8.93. The number of nitrogens with one attached hydrogen (secondary N) is 1. The first kappa shape index (κ1) is 19.0. The number of fused-ring (bicyclic) bond motifs is 1. The molecule has 1 atom stereocenters. The van der Waals surface area contributed by atoms with Crippen molar-refractivity contribution < 1.29 is 18.0 Å². The van der Waals surface area contributed by atoms with Gasteiger partial charge in [-0.2, -0.15) is 13.2 Å². The van der Waals surface area contributed by atoms with Crippen molar-refractivity contribution in [3.63, 3.8) is 0 Å². The molecule has 2 aromatic carbocycles. The topological polar surface area (TPSA) is 85.8 Å². The molecule has 142 valence electrons. The van der Waals surface area contributed by atoms with Gasteiger partial charge in [-0.25, -0.2) is 4.68 Å². The summed E-state index contributed by atoms with van der Waals surface area (Å²) in [5.41, 5.74) is 0.952. The summed E-state index contributed by atoms with van der Waals surface area (Å²) in [5.74, 6) is 3.55. The second kappa shape index (κ2) is 7.47. The molecule has 0 aliphatic rings. The molecule has 0 radical (unpaired) electrons. The number of alkyl halides is 3. The van der Waals surface area contributed by atoms with Crippen molar-refractivity contribution in [3.8, 4) is 0 Å². The second-order valence-electron chi connectivity index (χ2n) is 5.82. The van der Waals surface area contributed by atoms with Gasteiger partial charge in [0.15, 0.2) is 0 Å². The number of nitrogens with two attached hydrogens (primary N) is 1. The highest BCUT2D eigenvalue weighted by Crippen LogP contribution is 2.29. The number of rotatable bonds is 5. The van der Waals surface area contributed by atoms with Gasteiger partial charge in [-0.15, -0.1) is 10.2 Å². The number of hydrogen-bond acceptors (Lipinski definition) is 5. The molecule has 6 nitrogen and oxygen atoms in total. The highest BCUT2D eigenvalue weighted by molar-refractivity contribution is 7.99. The van der Waals surface area contributed by atoms with Crippen molar-refractivity contribution in [1.82, 2.24) is 20.2 Å². The molecule has 0 saturated heterocycles. The molecular formula is C17H16F3N5OS. The second-order valence-corrected chi connectivity index (χ2v) is 6.76. The molecule has 0 aliphatic carbocycles. The van der Waals surface area contributed by atoms with Crippen molar-refractivity contribution in [3.05, 3.63) is 53.9 Å². The van der Waals surface area contributed by atoms with E-state index in [-0.39, 0.29) is 22.9 Å². The van der Waals surface area contributed by atoms with Crippen molar-refractivity contribution in [2.75, 3.05) is 11.6 Å². The van der Waals surface area contributed by atoms with Crippen LogP contribution in [0.3, 0.4) is 0 Å². The highest BCUT2D eigenvalue weighted by atomic mass is 32.2. The van der Waals surface area contributed by atoms with Gasteiger partial charge in [0.2, 0.25) is 11.1 Å². The zero-order chi connectivity index (χ0) is 19.6. The molecule has 0 aliphatic heterocycles. The van der Waals surface area contributed by atoms with E-state index in [1.54, 1.807) is 0 Å². The van der Waals surface area contributed by atoms with Crippen molar-refractivity contribution >= 4 is 28.4 Å². The van der Waals surface area contributed by atoms with E-state index in [0.29, 0.717) is 4.68 Å². The lowest BCUT2D eigenvalue weighted by Crippen LogP contribution is -2.28. The third kappa shape index (κ3) is 4.16. The fourth-order valence-electron chi connectivity index (χ4n) is 2.69. The summed E-state index contributed by atoms with van der Waals surface area (Å²) in [6.45, 7) is 1.84. The zero-order valence-electron chi connectivity index (χ0n) is 14.2. The molecular weight excluding hydrogens is 379 g/mol. The van der Waals surface area contributed by atoms with Gasteiger partial charge in [0.05, 0.1) is 11.8 Å². The largest absolute Gasteiger partial charge is 0.453 e. The molecule has 0 bridgehead atoms. The Labute approximate surface area is 156 Å².